The van der Waals surface area contributed by atoms with Crippen LogP contribution < -0.4 is 0 Å². The first-order valence-electron chi connectivity index (χ1n) is 5.76. The lowest BCUT2D eigenvalue weighted by Gasteiger charge is -2.11. The van der Waals surface area contributed by atoms with E-state index >= 15 is 0 Å². The van der Waals surface area contributed by atoms with Crippen molar-refractivity contribution in [3.63, 3.8) is 0 Å². The number of hydrogen-bond donors (Lipinski definition) is 1. The fourth-order valence-corrected chi connectivity index (χ4v) is 2.32. The zero-order chi connectivity index (χ0) is 14.3. The molecular weight excluding hydrogens is 270 g/mol. The molecule has 0 saturated carbocycles. The van der Waals surface area contributed by atoms with Gasteiger partial charge in [0.2, 0.25) is 0 Å². The highest BCUT2D eigenvalue weighted by Gasteiger charge is 2.16. The lowest BCUT2D eigenvalue weighted by molar-refractivity contribution is -0.384. The predicted molar refractivity (Wildman–Crippen MR) is 71.5 cm³/mol. The average Bonchev–Trinajstić information content (AvgIpc) is 2.38. The van der Waals surface area contributed by atoms with Crippen molar-refractivity contribution in [2.24, 2.45) is 0 Å². The first-order valence-corrected chi connectivity index (χ1v) is 6.74. The molecule has 0 aliphatic rings. The summed E-state index contributed by atoms with van der Waals surface area (Å²) in [6.07, 6.45) is -0.402. The van der Waals surface area contributed by atoms with E-state index in [4.69, 9.17) is 9.84 Å². The van der Waals surface area contributed by atoms with E-state index in [1.807, 2.05) is 0 Å². The molecule has 0 aliphatic heterocycles. The molecule has 0 fully saturated rings. The number of hydrogen-bond acceptors (Lipinski definition) is 5. The van der Waals surface area contributed by atoms with Gasteiger partial charge in [0.25, 0.3) is 5.69 Å². The molecular formula is C12H15NO5S. The minimum absolute atomic E-state index is 0.0436. The highest BCUT2D eigenvalue weighted by atomic mass is 32.2. The SMILES string of the molecule is CCOC(CCSc1ccc([N+](=O)[O-])cc1)C(=O)O. The number of carboxylic acids is 1. The fraction of sp³-hybridized carbons (Fsp3) is 0.417. The molecule has 1 unspecified atom stereocenters. The van der Waals surface area contributed by atoms with Crippen LogP contribution in [-0.2, 0) is 9.53 Å². The van der Waals surface area contributed by atoms with Crippen LogP contribution in [0.5, 0.6) is 0 Å². The number of nitro benzene ring substituents is 1. The lowest BCUT2D eigenvalue weighted by Crippen LogP contribution is -2.24. The molecule has 0 aliphatic carbocycles. The van der Waals surface area contributed by atoms with E-state index in [0.29, 0.717) is 18.8 Å². The molecule has 0 aromatic heterocycles. The molecule has 0 saturated heterocycles. The van der Waals surface area contributed by atoms with Crippen molar-refractivity contribution in [1.82, 2.24) is 0 Å². The number of thioether (sulfide) groups is 1. The number of ether oxygens (including phenoxy) is 1. The number of non-ortho nitro benzene ring substituents is 1. The van der Waals surface area contributed by atoms with Gasteiger partial charge in [-0.15, -0.1) is 11.8 Å². The van der Waals surface area contributed by atoms with Crippen LogP contribution in [0.3, 0.4) is 0 Å². The number of aliphatic carboxylic acids is 1. The molecule has 0 amide bonds. The Balaban J connectivity index is 2.43. The fourth-order valence-electron chi connectivity index (χ4n) is 1.43. The molecule has 1 rings (SSSR count). The molecule has 0 spiro atoms. The van der Waals surface area contributed by atoms with E-state index in [9.17, 15) is 14.9 Å². The quantitative estimate of drug-likeness (QED) is 0.448. The van der Waals surface area contributed by atoms with Gasteiger partial charge in [-0.3, -0.25) is 10.1 Å². The van der Waals surface area contributed by atoms with Crippen molar-refractivity contribution in [1.29, 1.82) is 0 Å². The van der Waals surface area contributed by atoms with Crippen molar-refractivity contribution in [2.75, 3.05) is 12.4 Å². The number of nitro groups is 1. The number of nitrogens with zero attached hydrogens (tertiary/aromatic N) is 1. The monoisotopic (exact) mass is 285 g/mol. The Morgan fingerprint density at radius 1 is 1.47 bits per heavy atom. The molecule has 0 heterocycles. The second-order valence-electron chi connectivity index (χ2n) is 3.67. The summed E-state index contributed by atoms with van der Waals surface area (Å²) in [6.45, 7) is 2.11. The molecule has 1 aromatic rings. The topological polar surface area (TPSA) is 89.7 Å². The molecule has 1 aromatic carbocycles. The van der Waals surface area contributed by atoms with E-state index in [2.05, 4.69) is 0 Å². The first-order chi connectivity index (χ1) is 9.04. The van der Waals surface area contributed by atoms with Crippen molar-refractivity contribution < 1.29 is 19.6 Å². The molecule has 1 atom stereocenters. The number of rotatable bonds is 8. The van der Waals surface area contributed by atoms with Gasteiger partial charge in [-0.05, 0) is 25.5 Å². The number of carboxylic acid groups (broad SMARTS) is 1. The van der Waals surface area contributed by atoms with E-state index < -0.39 is 17.0 Å². The third kappa shape index (κ3) is 5.27. The summed E-state index contributed by atoms with van der Waals surface area (Å²) in [4.78, 5) is 21.7. The zero-order valence-electron chi connectivity index (χ0n) is 10.4. The van der Waals surface area contributed by atoms with Crippen LogP contribution in [-0.4, -0.2) is 34.5 Å². The van der Waals surface area contributed by atoms with Crippen molar-refractivity contribution in [2.45, 2.75) is 24.3 Å². The summed E-state index contributed by atoms with van der Waals surface area (Å²) in [5.74, 6) is -0.388. The Morgan fingerprint density at radius 2 is 2.11 bits per heavy atom. The normalized spacial score (nSPS) is 12.1. The Morgan fingerprint density at radius 3 is 2.58 bits per heavy atom. The maximum Gasteiger partial charge on any atom is 0.332 e. The van der Waals surface area contributed by atoms with Crippen LogP contribution in [0.25, 0.3) is 0 Å². The molecule has 0 bridgehead atoms. The van der Waals surface area contributed by atoms with Gasteiger partial charge in [-0.25, -0.2) is 4.79 Å². The standard InChI is InChI=1S/C12H15NO5S/c1-2-18-11(12(14)15)7-8-19-10-5-3-9(4-6-10)13(16)17/h3-6,11H,2,7-8H2,1H3,(H,14,15). The minimum atomic E-state index is -0.967. The number of benzene rings is 1. The predicted octanol–water partition coefficient (Wildman–Crippen LogP) is 2.57. The van der Waals surface area contributed by atoms with Crippen LogP contribution >= 0.6 is 11.8 Å². The van der Waals surface area contributed by atoms with Crippen molar-refractivity contribution in [3.05, 3.63) is 34.4 Å². The van der Waals surface area contributed by atoms with Crippen LogP contribution in [0, 0.1) is 10.1 Å². The largest absolute Gasteiger partial charge is 0.479 e. The van der Waals surface area contributed by atoms with E-state index in [1.54, 1.807) is 19.1 Å². The summed E-state index contributed by atoms with van der Waals surface area (Å²) in [7, 11) is 0. The summed E-state index contributed by atoms with van der Waals surface area (Å²) in [5, 5.41) is 19.4. The molecule has 0 radical (unpaired) electrons. The number of carbonyl (C=O) groups is 1. The summed E-state index contributed by atoms with van der Waals surface area (Å²) in [6, 6.07) is 6.16. The van der Waals surface area contributed by atoms with Gasteiger partial charge in [0.15, 0.2) is 6.10 Å². The van der Waals surface area contributed by atoms with E-state index in [1.165, 1.54) is 23.9 Å². The van der Waals surface area contributed by atoms with Crippen LogP contribution in [0.2, 0.25) is 0 Å². The Bertz CT molecular complexity index is 434. The minimum Gasteiger partial charge on any atom is -0.479 e. The summed E-state index contributed by atoms with van der Waals surface area (Å²) >= 11 is 1.45. The van der Waals surface area contributed by atoms with Crippen LogP contribution in [0.4, 0.5) is 5.69 Å². The van der Waals surface area contributed by atoms with Gasteiger partial charge >= 0.3 is 5.97 Å². The molecule has 19 heavy (non-hydrogen) atoms. The Hall–Kier alpha value is -1.60. The third-order valence-electron chi connectivity index (χ3n) is 2.34. The van der Waals surface area contributed by atoms with Crippen molar-refractivity contribution >= 4 is 23.4 Å². The zero-order valence-corrected chi connectivity index (χ0v) is 11.3. The van der Waals surface area contributed by atoms with E-state index in [0.717, 1.165) is 4.90 Å². The van der Waals surface area contributed by atoms with E-state index in [-0.39, 0.29) is 5.69 Å². The lowest BCUT2D eigenvalue weighted by atomic mass is 10.3. The van der Waals surface area contributed by atoms with Gasteiger partial charge in [-0.2, -0.15) is 0 Å². The maximum absolute atomic E-state index is 10.8. The highest BCUT2D eigenvalue weighted by Crippen LogP contribution is 2.22. The summed E-state index contributed by atoms with van der Waals surface area (Å²) < 4.78 is 5.09. The average molecular weight is 285 g/mol. The highest BCUT2D eigenvalue weighted by molar-refractivity contribution is 7.99. The first kappa shape index (κ1) is 15.5. The van der Waals surface area contributed by atoms with Crippen LogP contribution in [0.1, 0.15) is 13.3 Å². The molecule has 1 N–H and O–H groups in total. The van der Waals surface area contributed by atoms with Crippen LogP contribution in [0.15, 0.2) is 29.2 Å². The molecule has 6 nitrogen and oxygen atoms in total. The Labute approximate surface area is 114 Å². The maximum atomic E-state index is 10.8. The van der Waals surface area contributed by atoms with Crippen molar-refractivity contribution in [3.8, 4) is 0 Å². The van der Waals surface area contributed by atoms with Gasteiger partial charge in [-0.1, -0.05) is 0 Å². The Kier molecular flexibility index (Phi) is 6.31. The third-order valence-corrected chi connectivity index (χ3v) is 3.38. The molecule has 104 valence electrons. The summed E-state index contributed by atoms with van der Waals surface area (Å²) in [5.41, 5.74) is 0.0436. The van der Waals surface area contributed by atoms with Gasteiger partial charge in [0.05, 0.1) is 4.92 Å². The van der Waals surface area contributed by atoms with Gasteiger partial charge in [0.1, 0.15) is 0 Å². The smallest absolute Gasteiger partial charge is 0.332 e. The van der Waals surface area contributed by atoms with Gasteiger partial charge < -0.3 is 9.84 Å². The second kappa shape index (κ2) is 7.75. The second-order valence-corrected chi connectivity index (χ2v) is 4.84. The molecule has 7 heteroatoms. The van der Waals surface area contributed by atoms with Gasteiger partial charge in [0, 0.05) is 29.4 Å².